The minimum absolute atomic E-state index is 0.0793. The van der Waals surface area contributed by atoms with E-state index in [-0.39, 0.29) is 11.9 Å². The number of carbonyl (C=O) groups excluding carboxylic acids is 1. The summed E-state index contributed by atoms with van der Waals surface area (Å²) in [6.07, 6.45) is 0. The first kappa shape index (κ1) is 14.8. The van der Waals surface area contributed by atoms with Gasteiger partial charge in [-0.3, -0.25) is 4.79 Å². The summed E-state index contributed by atoms with van der Waals surface area (Å²) in [7, 11) is 0. The van der Waals surface area contributed by atoms with Crippen LogP contribution in [0.3, 0.4) is 0 Å². The third-order valence-corrected chi connectivity index (χ3v) is 3.51. The van der Waals surface area contributed by atoms with Crippen LogP contribution in [0.4, 0.5) is 0 Å². The minimum Gasteiger partial charge on any atom is -0.346 e. The molecule has 0 aliphatic heterocycles. The Morgan fingerprint density at radius 3 is 2.38 bits per heavy atom. The fourth-order valence-electron chi connectivity index (χ4n) is 2.27. The van der Waals surface area contributed by atoms with Gasteiger partial charge >= 0.3 is 0 Å². The van der Waals surface area contributed by atoms with Crippen LogP contribution in [0.25, 0.3) is 0 Å². The molecule has 0 aliphatic carbocycles. The van der Waals surface area contributed by atoms with Crippen molar-refractivity contribution < 1.29 is 4.79 Å². The minimum atomic E-state index is -0.106. The summed E-state index contributed by atoms with van der Waals surface area (Å²) in [5, 5.41) is 11.8. The summed E-state index contributed by atoms with van der Waals surface area (Å²) in [4.78, 5) is 12.3. The van der Waals surface area contributed by atoms with E-state index >= 15 is 0 Å². The molecule has 2 aromatic rings. The highest BCUT2D eigenvalue weighted by molar-refractivity contribution is 5.95. The van der Waals surface area contributed by atoms with E-state index in [1.807, 2.05) is 51.1 Å². The van der Waals surface area contributed by atoms with Crippen molar-refractivity contribution in [3.63, 3.8) is 0 Å². The van der Waals surface area contributed by atoms with E-state index in [0.29, 0.717) is 11.1 Å². The lowest BCUT2D eigenvalue weighted by Gasteiger charge is -2.15. The van der Waals surface area contributed by atoms with E-state index in [0.717, 1.165) is 16.7 Å². The molecule has 0 aromatic heterocycles. The lowest BCUT2D eigenvalue weighted by molar-refractivity contribution is 0.0939. The van der Waals surface area contributed by atoms with E-state index in [1.165, 1.54) is 0 Å². The molecule has 0 saturated carbocycles. The smallest absolute Gasteiger partial charge is 0.252 e. The summed E-state index contributed by atoms with van der Waals surface area (Å²) in [6, 6.07) is 15.0. The standard InChI is InChI=1S/C18H18N2O/c1-12-4-9-17(13(2)10-12)18(21)20-14(3)16-7-5-15(11-19)6-8-16/h4-10,14H,1-3H3,(H,20,21). The van der Waals surface area contributed by atoms with Gasteiger partial charge in [-0.1, -0.05) is 29.8 Å². The lowest BCUT2D eigenvalue weighted by atomic mass is 10.0. The number of nitrogens with one attached hydrogen (secondary N) is 1. The summed E-state index contributed by atoms with van der Waals surface area (Å²) in [5.74, 6) is -0.0793. The maximum Gasteiger partial charge on any atom is 0.252 e. The molecular weight excluding hydrogens is 260 g/mol. The van der Waals surface area contributed by atoms with Gasteiger partial charge in [0.2, 0.25) is 0 Å². The van der Waals surface area contributed by atoms with Gasteiger partial charge in [0.15, 0.2) is 0 Å². The third kappa shape index (κ3) is 3.49. The Balaban J connectivity index is 2.13. The summed E-state index contributed by atoms with van der Waals surface area (Å²) >= 11 is 0. The number of amides is 1. The van der Waals surface area contributed by atoms with Gasteiger partial charge in [-0.15, -0.1) is 0 Å². The molecule has 1 amide bonds. The second-order valence-corrected chi connectivity index (χ2v) is 5.25. The Morgan fingerprint density at radius 2 is 1.81 bits per heavy atom. The third-order valence-electron chi connectivity index (χ3n) is 3.51. The second kappa shape index (κ2) is 6.23. The van der Waals surface area contributed by atoms with Crippen molar-refractivity contribution in [1.29, 1.82) is 5.26 Å². The highest BCUT2D eigenvalue weighted by atomic mass is 16.1. The van der Waals surface area contributed by atoms with Crippen LogP contribution in [0.15, 0.2) is 42.5 Å². The highest BCUT2D eigenvalue weighted by Crippen LogP contribution is 2.16. The number of hydrogen-bond acceptors (Lipinski definition) is 2. The van der Waals surface area contributed by atoms with Gasteiger partial charge in [-0.05, 0) is 50.1 Å². The molecule has 0 saturated heterocycles. The Bertz CT molecular complexity index is 696. The first-order valence-electron chi connectivity index (χ1n) is 6.89. The van der Waals surface area contributed by atoms with Gasteiger partial charge in [0.1, 0.15) is 0 Å². The molecule has 0 spiro atoms. The molecule has 0 bridgehead atoms. The van der Waals surface area contributed by atoms with Gasteiger partial charge in [-0.25, -0.2) is 0 Å². The van der Waals surface area contributed by atoms with Crippen LogP contribution in [-0.2, 0) is 0 Å². The average Bonchev–Trinajstić information content (AvgIpc) is 2.47. The zero-order valence-corrected chi connectivity index (χ0v) is 12.5. The molecule has 2 aromatic carbocycles. The number of rotatable bonds is 3. The van der Waals surface area contributed by atoms with Crippen LogP contribution in [0.5, 0.6) is 0 Å². The number of hydrogen-bond donors (Lipinski definition) is 1. The number of carbonyl (C=O) groups is 1. The molecule has 3 heteroatoms. The highest BCUT2D eigenvalue weighted by Gasteiger charge is 2.13. The van der Waals surface area contributed by atoms with E-state index < -0.39 is 0 Å². The molecule has 21 heavy (non-hydrogen) atoms. The van der Waals surface area contributed by atoms with Gasteiger partial charge in [0, 0.05) is 5.56 Å². The number of benzene rings is 2. The lowest BCUT2D eigenvalue weighted by Crippen LogP contribution is -2.27. The Hall–Kier alpha value is -2.60. The maximum absolute atomic E-state index is 12.3. The van der Waals surface area contributed by atoms with Crippen molar-refractivity contribution in [2.24, 2.45) is 0 Å². The zero-order valence-electron chi connectivity index (χ0n) is 12.5. The van der Waals surface area contributed by atoms with Crippen molar-refractivity contribution in [3.8, 4) is 6.07 Å². The van der Waals surface area contributed by atoms with Gasteiger partial charge in [0.05, 0.1) is 17.7 Å². The molecular formula is C18H18N2O. The second-order valence-electron chi connectivity index (χ2n) is 5.25. The monoisotopic (exact) mass is 278 g/mol. The molecule has 0 radical (unpaired) electrons. The van der Waals surface area contributed by atoms with Gasteiger partial charge in [-0.2, -0.15) is 5.26 Å². The van der Waals surface area contributed by atoms with Crippen molar-refractivity contribution in [2.45, 2.75) is 26.8 Å². The van der Waals surface area contributed by atoms with E-state index in [9.17, 15) is 4.79 Å². The summed E-state index contributed by atoms with van der Waals surface area (Å²) in [5.41, 5.74) is 4.41. The molecule has 0 heterocycles. The van der Waals surface area contributed by atoms with E-state index in [2.05, 4.69) is 11.4 Å². The fraction of sp³-hybridized carbons (Fsp3) is 0.222. The number of aryl methyl sites for hydroxylation is 2. The van der Waals surface area contributed by atoms with E-state index in [1.54, 1.807) is 12.1 Å². The zero-order chi connectivity index (χ0) is 15.4. The van der Waals surface area contributed by atoms with Crippen molar-refractivity contribution in [3.05, 3.63) is 70.3 Å². The SMILES string of the molecule is Cc1ccc(C(=O)NC(C)c2ccc(C#N)cc2)c(C)c1. The molecule has 1 N–H and O–H groups in total. The van der Waals surface area contributed by atoms with Crippen LogP contribution in [-0.4, -0.2) is 5.91 Å². The Labute approximate surface area is 125 Å². The van der Waals surface area contributed by atoms with Crippen LogP contribution >= 0.6 is 0 Å². The van der Waals surface area contributed by atoms with Gasteiger partial charge in [0.25, 0.3) is 5.91 Å². The first-order chi connectivity index (χ1) is 10.0. The summed E-state index contributed by atoms with van der Waals surface area (Å²) < 4.78 is 0. The molecule has 0 aliphatic rings. The molecule has 3 nitrogen and oxygen atoms in total. The first-order valence-corrected chi connectivity index (χ1v) is 6.89. The van der Waals surface area contributed by atoms with Crippen LogP contribution in [0.2, 0.25) is 0 Å². The largest absolute Gasteiger partial charge is 0.346 e. The van der Waals surface area contributed by atoms with Crippen LogP contribution in [0.1, 0.15) is 45.6 Å². The average molecular weight is 278 g/mol. The molecule has 0 fully saturated rings. The quantitative estimate of drug-likeness (QED) is 0.931. The van der Waals surface area contributed by atoms with Crippen LogP contribution in [0, 0.1) is 25.2 Å². The topological polar surface area (TPSA) is 52.9 Å². The Morgan fingerprint density at radius 1 is 1.14 bits per heavy atom. The molecule has 106 valence electrons. The normalized spacial score (nSPS) is 11.5. The maximum atomic E-state index is 12.3. The van der Waals surface area contributed by atoms with Crippen LogP contribution < -0.4 is 5.32 Å². The van der Waals surface area contributed by atoms with Gasteiger partial charge < -0.3 is 5.32 Å². The molecule has 1 atom stereocenters. The van der Waals surface area contributed by atoms with Crippen molar-refractivity contribution in [2.75, 3.05) is 0 Å². The van der Waals surface area contributed by atoms with E-state index in [4.69, 9.17) is 5.26 Å². The van der Waals surface area contributed by atoms with Crippen molar-refractivity contribution >= 4 is 5.91 Å². The molecule has 2 rings (SSSR count). The van der Waals surface area contributed by atoms with Crippen molar-refractivity contribution in [1.82, 2.24) is 5.32 Å². The molecule has 1 unspecified atom stereocenters. The summed E-state index contributed by atoms with van der Waals surface area (Å²) in [6.45, 7) is 5.88. The Kier molecular flexibility index (Phi) is 4.39. The number of nitriles is 1. The number of nitrogens with zero attached hydrogens (tertiary/aromatic N) is 1. The predicted octanol–water partition coefficient (Wildman–Crippen LogP) is 3.67. The fourth-order valence-corrected chi connectivity index (χ4v) is 2.27. The predicted molar refractivity (Wildman–Crippen MR) is 83.0 cm³/mol.